The highest BCUT2D eigenvalue weighted by atomic mass is 19.3. The van der Waals surface area contributed by atoms with Crippen molar-refractivity contribution in [1.29, 1.82) is 0 Å². The first-order valence-corrected chi connectivity index (χ1v) is 6.31. The number of hydrogen-bond acceptors (Lipinski definition) is 3. The Labute approximate surface area is 118 Å². The van der Waals surface area contributed by atoms with E-state index in [0.717, 1.165) is 5.56 Å². The van der Waals surface area contributed by atoms with Crippen LogP contribution in [0, 0.1) is 12.3 Å². The fourth-order valence-electron chi connectivity index (χ4n) is 1.50. The molecule has 0 bridgehead atoms. The fraction of sp³-hybridized carbons (Fsp3) is 0.467. The van der Waals surface area contributed by atoms with Crippen LogP contribution in [-0.2, 0) is 6.54 Å². The maximum absolute atomic E-state index is 12.3. The SMILES string of the molecule is C#CC(C)(C)NCc1ccc(OC(F)F)c(OCC)c1. The van der Waals surface area contributed by atoms with Crippen LogP contribution in [0.15, 0.2) is 18.2 Å². The van der Waals surface area contributed by atoms with Crippen LogP contribution in [-0.4, -0.2) is 18.8 Å². The lowest BCUT2D eigenvalue weighted by Gasteiger charge is -2.20. The molecule has 0 aromatic heterocycles. The van der Waals surface area contributed by atoms with E-state index in [1.54, 1.807) is 19.1 Å². The highest BCUT2D eigenvalue weighted by molar-refractivity contribution is 5.43. The quantitative estimate of drug-likeness (QED) is 0.780. The highest BCUT2D eigenvalue weighted by Crippen LogP contribution is 2.30. The van der Waals surface area contributed by atoms with E-state index >= 15 is 0 Å². The molecule has 0 saturated carbocycles. The average Bonchev–Trinajstić information content (AvgIpc) is 2.39. The molecular weight excluding hydrogens is 264 g/mol. The van der Waals surface area contributed by atoms with Crippen molar-refractivity contribution in [3.63, 3.8) is 0 Å². The molecule has 1 aromatic carbocycles. The topological polar surface area (TPSA) is 30.5 Å². The zero-order valence-corrected chi connectivity index (χ0v) is 11.9. The van der Waals surface area contributed by atoms with Crippen molar-refractivity contribution in [2.75, 3.05) is 6.61 Å². The van der Waals surface area contributed by atoms with Gasteiger partial charge in [0.05, 0.1) is 12.1 Å². The second kappa shape index (κ2) is 7.11. The van der Waals surface area contributed by atoms with E-state index in [-0.39, 0.29) is 5.75 Å². The summed E-state index contributed by atoms with van der Waals surface area (Å²) < 4.78 is 34.3. The molecule has 0 saturated heterocycles. The lowest BCUT2D eigenvalue weighted by Crippen LogP contribution is -2.36. The third-order valence-corrected chi connectivity index (χ3v) is 2.62. The normalized spacial score (nSPS) is 11.2. The van der Waals surface area contributed by atoms with Gasteiger partial charge in [-0.05, 0) is 38.5 Å². The maximum Gasteiger partial charge on any atom is 0.387 e. The van der Waals surface area contributed by atoms with Crippen LogP contribution >= 0.6 is 0 Å². The van der Waals surface area contributed by atoms with Crippen molar-refractivity contribution in [2.24, 2.45) is 0 Å². The van der Waals surface area contributed by atoms with Crippen molar-refractivity contribution in [3.8, 4) is 23.8 Å². The number of halogens is 2. The molecule has 0 atom stereocenters. The van der Waals surface area contributed by atoms with Gasteiger partial charge in [-0.2, -0.15) is 8.78 Å². The minimum Gasteiger partial charge on any atom is -0.490 e. The van der Waals surface area contributed by atoms with Crippen molar-refractivity contribution in [1.82, 2.24) is 5.32 Å². The summed E-state index contributed by atoms with van der Waals surface area (Å²) in [5, 5.41) is 3.17. The maximum atomic E-state index is 12.3. The molecule has 3 nitrogen and oxygen atoms in total. The molecular formula is C15H19F2NO2. The Morgan fingerprint density at radius 2 is 2.05 bits per heavy atom. The Morgan fingerprint density at radius 3 is 2.60 bits per heavy atom. The minimum atomic E-state index is -2.88. The third-order valence-electron chi connectivity index (χ3n) is 2.62. The first kappa shape index (κ1) is 16.3. The van der Waals surface area contributed by atoms with Gasteiger partial charge in [0.1, 0.15) is 0 Å². The fourth-order valence-corrected chi connectivity index (χ4v) is 1.50. The summed E-state index contributed by atoms with van der Waals surface area (Å²) in [4.78, 5) is 0. The summed E-state index contributed by atoms with van der Waals surface area (Å²) in [7, 11) is 0. The molecule has 0 aliphatic heterocycles. The molecule has 0 unspecified atom stereocenters. The summed E-state index contributed by atoms with van der Waals surface area (Å²) in [5.41, 5.74) is 0.433. The Bertz CT molecular complexity index is 481. The lowest BCUT2D eigenvalue weighted by atomic mass is 10.1. The van der Waals surface area contributed by atoms with E-state index in [0.29, 0.717) is 18.9 Å². The second-order valence-electron chi connectivity index (χ2n) is 4.72. The van der Waals surface area contributed by atoms with E-state index < -0.39 is 12.2 Å². The van der Waals surface area contributed by atoms with Gasteiger partial charge in [0.15, 0.2) is 11.5 Å². The molecule has 5 heteroatoms. The van der Waals surface area contributed by atoms with Crippen molar-refractivity contribution in [2.45, 2.75) is 39.5 Å². The second-order valence-corrected chi connectivity index (χ2v) is 4.72. The van der Waals surface area contributed by atoms with Gasteiger partial charge in [-0.15, -0.1) is 6.42 Å². The molecule has 0 aliphatic carbocycles. The third kappa shape index (κ3) is 5.06. The number of nitrogens with one attached hydrogen (secondary N) is 1. The zero-order chi connectivity index (χ0) is 15.2. The smallest absolute Gasteiger partial charge is 0.387 e. The van der Waals surface area contributed by atoms with Crippen LogP contribution in [0.2, 0.25) is 0 Å². The van der Waals surface area contributed by atoms with Gasteiger partial charge < -0.3 is 9.47 Å². The Kier molecular flexibility index (Phi) is 5.78. The molecule has 0 aliphatic rings. The van der Waals surface area contributed by atoms with Crippen LogP contribution < -0.4 is 14.8 Å². The standard InChI is InChI=1S/C15H19F2NO2/c1-5-15(3,4)18-10-11-7-8-12(20-14(16)17)13(9-11)19-6-2/h1,7-9,14,18H,6,10H2,2-4H3. The number of hydrogen-bond donors (Lipinski definition) is 1. The zero-order valence-electron chi connectivity index (χ0n) is 11.9. The van der Waals surface area contributed by atoms with Gasteiger partial charge in [-0.1, -0.05) is 12.0 Å². The number of benzene rings is 1. The van der Waals surface area contributed by atoms with Crippen LogP contribution in [0.1, 0.15) is 26.3 Å². The first-order chi connectivity index (χ1) is 9.38. The van der Waals surface area contributed by atoms with Gasteiger partial charge >= 0.3 is 6.61 Å². The molecule has 0 amide bonds. The Morgan fingerprint density at radius 1 is 1.35 bits per heavy atom. The predicted octanol–water partition coefficient (Wildman–Crippen LogP) is 3.19. The van der Waals surface area contributed by atoms with Crippen LogP contribution in [0.4, 0.5) is 8.78 Å². The van der Waals surface area contributed by atoms with E-state index in [1.807, 2.05) is 13.8 Å². The van der Waals surface area contributed by atoms with E-state index in [9.17, 15) is 8.78 Å². The molecule has 0 fully saturated rings. The van der Waals surface area contributed by atoms with Gasteiger partial charge in [-0.3, -0.25) is 5.32 Å². The number of rotatable bonds is 7. The lowest BCUT2D eigenvalue weighted by molar-refractivity contribution is -0.0514. The number of terminal acetylenes is 1. The predicted molar refractivity (Wildman–Crippen MR) is 74.0 cm³/mol. The van der Waals surface area contributed by atoms with Crippen LogP contribution in [0.25, 0.3) is 0 Å². The first-order valence-electron chi connectivity index (χ1n) is 6.31. The van der Waals surface area contributed by atoms with Gasteiger partial charge in [-0.25, -0.2) is 0 Å². The summed E-state index contributed by atoms with van der Waals surface area (Å²) in [6.07, 6.45) is 5.39. The summed E-state index contributed by atoms with van der Waals surface area (Å²) in [5.74, 6) is 2.95. The minimum absolute atomic E-state index is 0.0295. The summed E-state index contributed by atoms with van der Waals surface area (Å²) in [6.45, 7) is 3.53. The average molecular weight is 283 g/mol. The van der Waals surface area contributed by atoms with Crippen molar-refractivity contribution < 1.29 is 18.3 Å². The molecule has 1 aromatic rings. The molecule has 110 valence electrons. The van der Waals surface area contributed by atoms with E-state index in [1.165, 1.54) is 6.07 Å². The number of alkyl halides is 2. The van der Waals surface area contributed by atoms with Crippen LogP contribution in [0.5, 0.6) is 11.5 Å². The summed E-state index contributed by atoms with van der Waals surface area (Å²) >= 11 is 0. The molecule has 0 heterocycles. The monoisotopic (exact) mass is 283 g/mol. The molecule has 0 radical (unpaired) electrons. The Hall–Kier alpha value is -1.80. The van der Waals surface area contributed by atoms with Gasteiger partial charge in [0.2, 0.25) is 0 Å². The van der Waals surface area contributed by atoms with Crippen molar-refractivity contribution in [3.05, 3.63) is 23.8 Å². The molecule has 1 N–H and O–H groups in total. The van der Waals surface area contributed by atoms with Gasteiger partial charge in [0.25, 0.3) is 0 Å². The van der Waals surface area contributed by atoms with Crippen LogP contribution in [0.3, 0.4) is 0 Å². The molecule has 1 rings (SSSR count). The highest BCUT2D eigenvalue weighted by Gasteiger charge is 2.14. The largest absolute Gasteiger partial charge is 0.490 e. The molecule has 20 heavy (non-hydrogen) atoms. The Balaban J connectivity index is 2.84. The van der Waals surface area contributed by atoms with E-state index in [4.69, 9.17) is 11.2 Å². The van der Waals surface area contributed by atoms with E-state index in [2.05, 4.69) is 16.0 Å². The number of ether oxygens (including phenoxy) is 2. The molecule has 0 spiro atoms. The summed E-state index contributed by atoms with van der Waals surface area (Å²) in [6, 6.07) is 4.83. The van der Waals surface area contributed by atoms with Crippen molar-refractivity contribution >= 4 is 0 Å². The van der Waals surface area contributed by atoms with Gasteiger partial charge in [0, 0.05) is 6.54 Å².